The summed E-state index contributed by atoms with van der Waals surface area (Å²) in [5, 5.41) is 20.2. The molecule has 17 heavy (non-hydrogen) atoms. The summed E-state index contributed by atoms with van der Waals surface area (Å²) in [7, 11) is 0. The molecule has 1 aromatic rings. The molecule has 0 spiro atoms. The molecule has 4 nitrogen and oxygen atoms in total. The molecule has 0 aliphatic heterocycles. The summed E-state index contributed by atoms with van der Waals surface area (Å²) < 4.78 is 13.2. The van der Waals surface area contributed by atoms with Crippen LogP contribution >= 0.6 is 0 Å². The zero-order valence-corrected chi connectivity index (χ0v) is 9.20. The Morgan fingerprint density at radius 1 is 1.65 bits per heavy atom. The van der Waals surface area contributed by atoms with E-state index in [0.29, 0.717) is 5.69 Å². The minimum Gasteiger partial charge on any atom is -0.478 e. The van der Waals surface area contributed by atoms with Crippen LogP contribution in [0.15, 0.2) is 29.8 Å². The summed E-state index contributed by atoms with van der Waals surface area (Å²) in [6, 6.07) is 5.99. The second kappa shape index (κ2) is 5.66. The third kappa shape index (κ3) is 3.31. The molecule has 0 aliphatic rings. The molecular weight excluding hydrogens is 223 g/mol. The first-order chi connectivity index (χ1) is 8.06. The first kappa shape index (κ1) is 12.7. The highest BCUT2D eigenvalue weighted by molar-refractivity contribution is 5.85. The first-order valence-electron chi connectivity index (χ1n) is 4.88. The predicted molar refractivity (Wildman–Crippen MR) is 61.0 cm³/mol. The van der Waals surface area contributed by atoms with E-state index in [0.717, 1.165) is 0 Å². The summed E-state index contributed by atoms with van der Waals surface area (Å²) in [5.41, 5.74) is 0.461. The number of anilines is 1. The average molecular weight is 234 g/mol. The molecule has 5 heteroatoms. The van der Waals surface area contributed by atoms with Crippen LogP contribution in [0.1, 0.15) is 12.5 Å². The first-order valence-corrected chi connectivity index (χ1v) is 4.88. The summed E-state index contributed by atoms with van der Waals surface area (Å²) in [4.78, 5) is 10.5. The number of carboxylic acids is 1. The van der Waals surface area contributed by atoms with E-state index in [1.165, 1.54) is 25.1 Å². The number of carboxylic acid groups (broad SMARTS) is 1. The van der Waals surface area contributed by atoms with Gasteiger partial charge < -0.3 is 10.4 Å². The number of aliphatic carboxylic acids is 1. The van der Waals surface area contributed by atoms with Crippen LogP contribution in [-0.4, -0.2) is 17.6 Å². The Morgan fingerprint density at radius 3 is 2.94 bits per heavy atom. The zero-order chi connectivity index (χ0) is 12.8. The maximum Gasteiger partial charge on any atom is 0.331 e. The standard InChI is InChI=1S/C12H11FN2O2/c1-8(12(16)17)5-6-15-11-4-2-3-10(13)9(11)7-14/h2-5,15H,6H2,1H3,(H,16,17)/b8-5-. The molecule has 0 bridgehead atoms. The fourth-order valence-electron chi connectivity index (χ4n) is 1.19. The number of halogens is 1. The van der Waals surface area contributed by atoms with Crippen LogP contribution in [0.3, 0.4) is 0 Å². The van der Waals surface area contributed by atoms with E-state index in [2.05, 4.69) is 5.32 Å². The highest BCUT2D eigenvalue weighted by atomic mass is 19.1. The van der Waals surface area contributed by atoms with Crippen molar-refractivity contribution in [2.24, 2.45) is 0 Å². The van der Waals surface area contributed by atoms with Crippen molar-refractivity contribution in [3.63, 3.8) is 0 Å². The second-order valence-electron chi connectivity index (χ2n) is 3.35. The average Bonchev–Trinajstić information content (AvgIpc) is 2.29. The molecule has 0 atom stereocenters. The monoisotopic (exact) mass is 234 g/mol. The molecule has 0 amide bonds. The second-order valence-corrected chi connectivity index (χ2v) is 3.35. The van der Waals surface area contributed by atoms with Crippen LogP contribution in [0.4, 0.5) is 10.1 Å². The molecule has 0 saturated heterocycles. The minimum absolute atomic E-state index is 0.0751. The predicted octanol–water partition coefficient (Wildman–Crippen LogP) is 2.14. The molecule has 0 unspecified atom stereocenters. The van der Waals surface area contributed by atoms with Gasteiger partial charge in [0.05, 0.1) is 5.69 Å². The van der Waals surface area contributed by atoms with Gasteiger partial charge in [0.2, 0.25) is 0 Å². The number of nitrogens with zero attached hydrogens (tertiary/aromatic N) is 1. The molecule has 88 valence electrons. The molecule has 1 rings (SSSR count). The Morgan fingerprint density at radius 2 is 2.35 bits per heavy atom. The van der Waals surface area contributed by atoms with E-state index >= 15 is 0 Å². The molecule has 2 N–H and O–H groups in total. The van der Waals surface area contributed by atoms with Crippen LogP contribution < -0.4 is 5.32 Å². The number of nitrogens with one attached hydrogen (secondary N) is 1. The van der Waals surface area contributed by atoms with Gasteiger partial charge in [-0.1, -0.05) is 12.1 Å². The summed E-state index contributed by atoms with van der Waals surface area (Å²) >= 11 is 0. The van der Waals surface area contributed by atoms with Crippen LogP contribution in [0.25, 0.3) is 0 Å². The SMILES string of the molecule is C/C(=C/CNc1cccc(F)c1C#N)C(=O)O. The van der Waals surface area contributed by atoms with E-state index in [1.807, 2.05) is 0 Å². The lowest BCUT2D eigenvalue weighted by Crippen LogP contribution is -2.05. The normalized spacial score (nSPS) is 10.8. The van der Waals surface area contributed by atoms with Gasteiger partial charge >= 0.3 is 5.97 Å². The van der Waals surface area contributed by atoms with Crippen molar-refractivity contribution < 1.29 is 14.3 Å². The van der Waals surface area contributed by atoms with Crippen LogP contribution in [-0.2, 0) is 4.79 Å². The van der Waals surface area contributed by atoms with Crippen molar-refractivity contribution in [2.45, 2.75) is 6.92 Å². The Labute approximate surface area is 98.0 Å². The highest BCUT2D eigenvalue weighted by Crippen LogP contribution is 2.17. The van der Waals surface area contributed by atoms with Crippen molar-refractivity contribution in [1.29, 1.82) is 5.26 Å². The number of rotatable bonds is 4. The van der Waals surface area contributed by atoms with Gasteiger partial charge in [0.25, 0.3) is 0 Å². The Bertz CT molecular complexity index is 504. The smallest absolute Gasteiger partial charge is 0.331 e. The Balaban J connectivity index is 2.78. The van der Waals surface area contributed by atoms with Gasteiger partial charge in [-0.2, -0.15) is 5.26 Å². The van der Waals surface area contributed by atoms with E-state index in [1.54, 1.807) is 12.1 Å². The lowest BCUT2D eigenvalue weighted by Gasteiger charge is -2.06. The fraction of sp³-hybridized carbons (Fsp3) is 0.167. The Hall–Kier alpha value is -2.35. The maximum atomic E-state index is 13.2. The molecule has 0 radical (unpaired) electrons. The van der Waals surface area contributed by atoms with E-state index < -0.39 is 11.8 Å². The number of hydrogen-bond acceptors (Lipinski definition) is 3. The largest absolute Gasteiger partial charge is 0.478 e. The summed E-state index contributed by atoms with van der Waals surface area (Å²) in [6.45, 7) is 1.68. The van der Waals surface area contributed by atoms with Crippen molar-refractivity contribution in [2.75, 3.05) is 11.9 Å². The van der Waals surface area contributed by atoms with Gasteiger partial charge in [-0.05, 0) is 19.1 Å². The lowest BCUT2D eigenvalue weighted by atomic mass is 10.2. The van der Waals surface area contributed by atoms with Gasteiger partial charge in [0, 0.05) is 12.1 Å². The molecule has 1 aromatic carbocycles. The van der Waals surface area contributed by atoms with Crippen LogP contribution in [0.5, 0.6) is 0 Å². The van der Waals surface area contributed by atoms with Gasteiger partial charge in [-0.25, -0.2) is 9.18 Å². The molecule has 0 saturated carbocycles. The zero-order valence-electron chi connectivity index (χ0n) is 9.20. The van der Waals surface area contributed by atoms with Crippen molar-refractivity contribution in [1.82, 2.24) is 0 Å². The molecule has 0 heterocycles. The van der Waals surface area contributed by atoms with Crippen molar-refractivity contribution >= 4 is 11.7 Å². The van der Waals surface area contributed by atoms with Gasteiger partial charge in [-0.15, -0.1) is 0 Å². The lowest BCUT2D eigenvalue weighted by molar-refractivity contribution is -0.132. The van der Waals surface area contributed by atoms with Crippen LogP contribution in [0, 0.1) is 17.1 Å². The van der Waals surface area contributed by atoms with Gasteiger partial charge in [0.1, 0.15) is 17.4 Å². The number of benzene rings is 1. The van der Waals surface area contributed by atoms with Gasteiger partial charge in [-0.3, -0.25) is 0 Å². The molecule has 0 fully saturated rings. The minimum atomic E-state index is -1.01. The topological polar surface area (TPSA) is 73.1 Å². The van der Waals surface area contributed by atoms with E-state index in [4.69, 9.17) is 10.4 Å². The van der Waals surface area contributed by atoms with E-state index in [-0.39, 0.29) is 17.7 Å². The molecule has 0 aromatic heterocycles. The molecular formula is C12H11FN2O2. The summed E-state index contributed by atoms with van der Waals surface area (Å²) in [5.74, 6) is -1.61. The Kier molecular flexibility index (Phi) is 4.23. The van der Waals surface area contributed by atoms with Crippen molar-refractivity contribution in [3.05, 3.63) is 41.2 Å². The third-order valence-corrected chi connectivity index (χ3v) is 2.16. The van der Waals surface area contributed by atoms with Crippen LogP contribution in [0.2, 0.25) is 0 Å². The summed E-state index contributed by atoms with van der Waals surface area (Å²) in [6.07, 6.45) is 1.45. The van der Waals surface area contributed by atoms with E-state index in [9.17, 15) is 9.18 Å². The number of nitriles is 1. The third-order valence-electron chi connectivity index (χ3n) is 2.16. The highest BCUT2D eigenvalue weighted by Gasteiger charge is 2.06. The molecule has 0 aliphatic carbocycles. The number of carbonyl (C=O) groups is 1. The van der Waals surface area contributed by atoms with Gasteiger partial charge in [0.15, 0.2) is 0 Å². The maximum absolute atomic E-state index is 13.2. The van der Waals surface area contributed by atoms with Crippen molar-refractivity contribution in [3.8, 4) is 6.07 Å². The fourth-order valence-corrected chi connectivity index (χ4v) is 1.19. The quantitative estimate of drug-likeness (QED) is 0.783. The number of hydrogen-bond donors (Lipinski definition) is 2.